The second-order valence-corrected chi connectivity index (χ2v) is 0. The Hall–Kier alpha value is 0.210. The fraction of sp³-hybridized carbons (Fsp3) is 1.00. The molecule has 0 aromatic heterocycles. The summed E-state index contributed by atoms with van der Waals surface area (Å²) in [6.07, 6.45) is 0. The molecule has 0 amide bonds. The predicted octanol–water partition coefficient (Wildman–Crippen LogP) is -0.828. The van der Waals surface area contributed by atoms with Crippen LogP contribution in [0.5, 0.6) is 0 Å². The lowest BCUT2D eigenvalue weighted by Gasteiger charge is -1.19. The van der Waals surface area contributed by atoms with Gasteiger partial charge in [-0.1, -0.05) is 0 Å². The van der Waals surface area contributed by atoms with E-state index in [-0.39, 0.29) is 17.9 Å². The lowest BCUT2D eigenvalue weighted by atomic mass is 11.6. The highest BCUT2D eigenvalue weighted by atomic mass is 35.5. The summed E-state index contributed by atoms with van der Waals surface area (Å²) in [5.74, 6) is 0. The zero-order chi connectivity index (χ0) is 2.00. The van der Waals surface area contributed by atoms with Gasteiger partial charge in [0.2, 0.25) is 0 Å². The Kier molecular flexibility index (Phi) is 2630. The van der Waals surface area contributed by atoms with Gasteiger partial charge < -0.3 is 11.2 Å². The lowest BCUT2D eigenvalue weighted by Crippen LogP contribution is -1.69. The van der Waals surface area contributed by atoms with Crippen LogP contribution in [0, 0.1) is 0 Å². The molecule has 0 aromatic carbocycles. The highest BCUT2D eigenvalue weighted by Gasteiger charge is 0.836. The molecule has 0 unspecified atom stereocenters. The molecule has 0 aliphatic rings. The maximum atomic E-state index is 4.50. The van der Waals surface area contributed by atoms with Crippen molar-refractivity contribution in [3.8, 4) is 0 Å². The van der Waals surface area contributed by atoms with Crippen LogP contribution >= 0.6 is 12.4 Å². The molecule has 0 saturated carbocycles. The topological polar surface area (TPSA) is 57.5 Å². The van der Waals surface area contributed by atoms with Crippen LogP contribution in [-0.4, -0.2) is 12.5 Å². The third-order valence-corrected chi connectivity index (χ3v) is 0. The normalized spacial score (nSPS) is 1.50. The molecular weight excluding hydrogens is 77.5 g/mol. The third kappa shape index (κ3) is 73.4. The summed E-state index contributed by atoms with van der Waals surface area (Å²) in [7, 11) is 1.50. The summed E-state index contributed by atoms with van der Waals surface area (Å²) in [5.41, 5.74) is 4.50. The van der Waals surface area contributed by atoms with Gasteiger partial charge in [-0.25, -0.2) is 0 Å². The van der Waals surface area contributed by atoms with E-state index < -0.39 is 0 Å². The number of rotatable bonds is 0. The zero-order valence-electron chi connectivity index (χ0n) is 2.49. The van der Waals surface area contributed by atoms with Gasteiger partial charge in [0, 0.05) is 0 Å². The smallest absolute Gasteiger partial charge is 0.0195 e. The molecule has 4 heavy (non-hydrogen) atoms. The monoisotopic (exact) mass is 85.0 g/mol. The van der Waals surface area contributed by atoms with Crippen LogP contribution in [0.1, 0.15) is 0 Å². The van der Waals surface area contributed by atoms with Gasteiger partial charge in [-0.05, 0) is 7.05 Å². The number of nitrogens with two attached hydrogens (primary N) is 1. The van der Waals surface area contributed by atoms with Crippen molar-refractivity contribution < 1.29 is 5.48 Å². The van der Waals surface area contributed by atoms with Crippen LogP contribution < -0.4 is 5.73 Å². The van der Waals surface area contributed by atoms with Gasteiger partial charge in [-0.15, -0.1) is 12.4 Å². The first-order valence-corrected chi connectivity index (χ1v) is 0.577. The Morgan fingerprint density at radius 2 is 1.25 bits per heavy atom. The molecule has 2 nitrogen and oxygen atoms in total. The standard InChI is InChI=1S/CH5N.ClH.H2O/c1-2;;/h2H2,1H3;1H;1H2. The highest BCUT2D eigenvalue weighted by Crippen LogP contribution is 0.690. The highest BCUT2D eigenvalue weighted by molar-refractivity contribution is 5.85. The van der Waals surface area contributed by atoms with Gasteiger partial charge in [0.1, 0.15) is 0 Å². The number of hydrogen-bond acceptors (Lipinski definition) is 1. The van der Waals surface area contributed by atoms with E-state index >= 15 is 0 Å². The number of halogens is 1. The summed E-state index contributed by atoms with van der Waals surface area (Å²) in [5, 5.41) is 0. The van der Waals surface area contributed by atoms with E-state index in [0.717, 1.165) is 0 Å². The Morgan fingerprint density at radius 3 is 1.25 bits per heavy atom. The molecule has 0 bridgehead atoms. The molecule has 0 spiro atoms. The average Bonchev–Trinajstić information content (AvgIpc) is 1.00. The van der Waals surface area contributed by atoms with Gasteiger partial charge in [-0.3, -0.25) is 0 Å². The van der Waals surface area contributed by atoms with Crippen LogP contribution in [-0.2, 0) is 0 Å². The van der Waals surface area contributed by atoms with Crippen LogP contribution in [0.2, 0.25) is 0 Å². The van der Waals surface area contributed by atoms with Crippen LogP contribution in [0.3, 0.4) is 0 Å². The second-order valence-electron chi connectivity index (χ2n) is 0. The Bertz CT molecular complexity index is 8.00. The summed E-state index contributed by atoms with van der Waals surface area (Å²) < 4.78 is 0. The molecular formula is CH8ClNO. The van der Waals surface area contributed by atoms with E-state index in [2.05, 4.69) is 5.73 Å². The molecule has 0 aromatic rings. The van der Waals surface area contributed by atoms with Crippen LogP contribution in [0.4, 0.5) is 0 Å². The van der Waals surface area contributed by atoms with Gasteiger partial charge >= 0.3 is 0 Å². The van der Waals surface area contributed by atoms with E-state index in [1.807, 2.05) is 0 Å². The van der Waals surface area contributed by atoms with Crippen molar-refractivity contribution in [3.63, 3.8) is 0 Å². The third-order valence-electron chi connectivity index (χ3n) is 0. The molecule has 0 aliphatic heterocycles. The Morgan fingerprint density at radius 1 is 1.25 bits per heavy atom. The molecule has 0 rings (SSSR count). The summed E-state index contributed by atoms with van der Waals surface area (Å²) in [4.78, 5) is 0. The van der Waals surface area contributed by atoms with E-state index in [9.17, 15) is 0 Å². The first-order valence-electron chi connectivity index (χ1n) is 0.577. The van der Waals surface area contributed by atoms with Crippen LogP contribution in [0.25, 0.3) is 0 Å². The summed E-state index contributed by atoms with van der Waals surface area (Å²) in [6.45, 7) is 0. The minimum absolute atomic E-state index is 0. The number of hydrogen-bond donors (Lipinski definition) is 1. The minimum atomic E-state index is 0. The second kappa shape index (κ2) is 356. The van der Waals surface area contributed by atoms with Gasteiger partial charge in [-0.2, -0.15) is 0 Å². The average molecular weight is 85.5 g/mol. The molecule has 0 aliphatic carbocycles. The lowest BCUT2D eigenvalue weighted by molar-refractivity contribution is 0.824. The van der Waals surface area contributed by atoms with E-state index in [4.69, 9.17) is 0 Å². The molecule has 0 atom stereocenters. The maximum absolute atomic E-state index is 4.50. The summed E-state index contributed by atoms with van der Waals surface area (Å²) in [6, 6.07) is 0. The largest absolute Gasteiger partial charge is 0.412 e. The van der Waals surface area contributed by atoms with Crippen molar-refractivity contribution in [1.82, 2.24) is 0 Å². The Labute approximate surface area is 31.7 Å². The SMILES string of the molecule is CN.Cl.O. The molecule has 30 valence electrons. The van der Waals surface area contributed by atoms with Crippen molar-refractivity contribution in [2.75, 3.05) is 7.05 Å². The first-order chi connectivity index (χ1) is 1.00. The van der Waals surface area contributed by atoms with E-state index in [1.54, 1.807) is 0 Å². The van der Waals surface area contributed by atoms with Crippen LogP contribution in [0.15, 0.2) is 0 Å². The Balaban J connectivity index is -0.00000000500. The first kappa shape index (κ1) is 29.6. The maximum Gasteiger partial charge on any atom is -0.0195 e. The molecule has 0 radical (unpaired) electrons. The molecule has 3 heteroatoms. The molecule has 0 saturated heterocycles. The van der Waals surface area contributed by atoms with Crippen molar-refractivity contribution >= 4 is 12.4 Å². The fourth-order valence-electron chi connectivity index (χ4n) is 0. The quantitative estimate of drug-likeness (QED) is 0.410. The zero-order valence-corrected chi connectivity index (χ0v) is 3.30. The predicted molar refractivity (Wildman–Crippen MR) is 21.0 cm³/mol. The van der Waals surface area contributed by atoms with Gasteiger partial charge in [0.15, 0.2) is 0 Å². The molecule has 0 fully saturated rings. The van der Waals surface area contributed by atoms with Crippen molar-refractivity contribution in [2.24, 2.45) is 5.73 Å². The fourth-order valence-corrected chi connectivity index (χ4v) is 0. The minimum Gasteiger partial charge on any atom is -0.412 e. The van der Waals surface area contributed by atoms with E-state index in [0.29, 0.717) is 0 Å². The van der Waals surface area contributed by atoms with Crippen molar-refractivity contribution in [3.05, 3.63) is 0 Å². The molecule has 0 heterocycles. The summed E-state index contributed by atoms with van der Waals surface area (Å²) >= 11 is 0. The van der Waals surface area contributed by atoms with Crippen molar-refractivity contribution in [2.45, 2.75) is 0 Å². The van der Waals surface area contributed by atoms with E-state index in [1.165, 1.54) is 7.05 Å². The van der Waals surface area contributed by atoms with Crippen molar-refractivity contribution in [1.29, 1.82) is 0 Å². The molecule has 4 N–H and O–H groups in total. The van der Waals surface area contributed by atoms with Gasteiger partial charge in [0.25, 0.3) is 0 Å². The van der Waals surface area contributed by atoms with Gasteiger partial charge in [0.05, 0.1) is 0 Å².